The Morgan fingerprint density at radius 1 is 0.446 bits per heavy atom. The summed E-state index contributed by atoms with van der Waals surface area (Å²) in [7, 11) is -26.5. The van der Waals surface area contributed by atoms with Crippen molar-refractivity contribution in [1.29, 1.82) is 0 Å². The maximum absolute atomic E-state index is 12.4. The first-order valence-corrected chi connectivity index (χ1v) is 25.6. The SMILES string of the molecule is O=S(=O)([O-])c1cccc(Nc2nc(Cl)nc(Nc3ccc(S(=O)(=O)[O-])c(Nc4nc(Cl)nc(Nc5cc(S(=O)(=O)[O-])cc6cc(S(=O)(=O)[O-])c(N=Nc7ccccc7S(=O)(=O)[O-])c(O)c56)n4)c3)n2)c1.[Na+].[Na+].[Na+].[Na+].[Na+]. The number of hydrogen-bond acceptors (Lipinski definition) is 28. The molecular formula is C34H19Cl2N12Na5O16S5. The average molecular weight is 1200 g/mol. The molecule has 5 aromatic carbocycles. The van der Waals surface area contributed by atoms with Gasteiger partial charge in [-0.1, -0.05) is 18.2 Å². The number of halogens is 2. The van der Waals surface area contributed by atoms with Gasteiger partial charge in [0.2, 0.25) is 34.4 Å². The van der Waals surface area contributed by atoms with Crippen molar-refractivity contribution in [2.45, 2.75) is 24.5 Å². The normalized spacial score (nSPS) is 11.7. The third-order valence-corrected chi connectivity index (χ3v) is 13.3. The monoisotopic (exact) mass is 1200 g/mol. The van der Waals surface area contributed by atoms with E-state index in [1.54, 1.807) is 0 Å². The molecule has 0 aliphatic carbocycles. The second-order valence-corrected chi connectivity index (χ2v) is 20.8. The molecule has 0 radical (unpaired) electrons. The van der Waals surface area contributed by atoms with Crippen LogP contribution < -0.4 is 169 Å². The smallest absolute Gasteiger partial charge is 0.744 e. The quantitative estimate of drug-likeness (QED) is 0.0361. The van der Waals surface area contributed by atoms with Gasteiger partial charge in [0.1, 0.15) is 62.0 Å². The Hall–Kier alpha value is -1.89. The fraction of sp³-hybridized carbons (Fsp3) is 0. The van der Waals surface area contributed by atoms with Crippen molar-refractivity contribution in [3.05, 3.63) is 95.5 Å². The average Bonchev–Trinajstić information content (AvgIpc) is 3.21. The Kier molecular flexibility index (Phi) is 24.7. The van der Waals surface area contributed by atoms with Crippen LogP contribution >= 0.6 is 23.2 Å². The maximum Gasteiger partial charge on any atom is 1.00 e. The Balaban J connectivity index is 0.00000375. The van der Waals surface area contributed by atoms with Crippen LogP contribution in [0.2, 0.25) is 10.6 Å². The Morgan fingerprint density at radius 3 is 1.45 bits per heavy atom. The number of aromatic hydroxyl groups is 1. The fourth-order valence-electron chi connectivity index (χ4n) is 5.92. The third-order valence-electron chi connectivity index (χ3n) is 8.67. The van der Waals surface area contributed by atoms with Gasteiger partial charge in [0.15, 0.2) is 5.75 Å². The number of aromatic nitrogens is 6. The molecule has 0 unspecified atom stereocenters. The zero-order valence-corrected chi connectivity index (χ0v) is 53.6. The second kappa shape index (κ2) is 26.8. The number of phenolic OH excluding ortho intramolecular Hbond substituents is 1. The molecule has 0 aliphatic rings. The summed E-state index contributed by atoms with van der Waals surface area (Å²) in [4.78, 5) is 18.7. The van der Waals surface area contributed by atoms with E-state index in [1.807, 2.05) is 0 Å². The van der Waals surface area contributed by atoms with Crippen molar-refractivity contribution >= 4 is 142 Å². The summed E-state index contributed by atoms with van der Waals surface area (Å²) in [6.07, 6.45) is 0. The zero-order valence-electron chi connectivity index (χ0n) is 38.0. The minimum Gasteiger partial charge on any atom is -0.744 e. The number of fused-ring (bicyclic) bond motifs is 1. The molecule has 0 spiro atoms. The van der Waals surface area contributed by atoms with E-state index in [0.717, 1.165) is 48.5 Å². The van der Waals surface area contributed by atoms with Gasteiger partial charge in [-0.2, -0.15) is 29.9 Å². The summed E-state index contributed by atoms with van der Waals surface area (Å²) in [5.74, 6) is -3.20. The third kappa shape index (κ3) is 17.3. The zero-order chi connectivity index (χ0) is 50.4. The number of benzene rings is 5. The molecule has 7 rings (SSSR count). The molecular weight excluding hydrogens is 1180 g/mol. The van der Waals surface area contributed by atoms with Crippen LogP contribution in [0.15, 0.2) is 120 Å². The minimum absolute atomic E-state index is 0. The first-order valence-electron chi connectivity index (χ1n) is 17.8. The molecule has 2 aromatic heterocycles. The molecule has 0 bridgehead atoms. The van der Waals surface area contributed by atoms with Crippen LogP contribution in [-0.2, 0) is 50.6 Å². The van der Waals surface area contributed by atoms with Crippen molar-refractivity contribution in [1.82, 2.24) is 29.9 Å². The maximum atomic E-state index is 12.4. The van der Waals surface area contributed by atoms with Gasteiger partial charge in [-0.25, -0.2) is 42.1 Å². The van der Waals surface area contributed by atoms with Crippen molar-refractivity contribution in [3.8, 4) is 5.75 Å². The summed E-state index contributed by atoms with van der Waals surface area (Å²) < 4.78 is 181. The van der Waals surface area contributed by atoms with Crippen molar-refractivity contribution < 1.29 is 218 Å². The predicted octanol–water partition coefficient (Wildman–Crippen LogP) is -10.8. The molecule has 0 saturated carbocycles. The van der Waals surface area contributed by atoms with Gasteiger partial charge in [0.25, 0.3) is 0 Å². The van der Waals surface area contributed by atoms with Crippen LogP contribution in [-0.4, -0.2) is 99.9 Å². The van der Waals surface area contributed by atoms with Gasteiger partial charge in [0.05, 0.1) is 35.9 Å². The van der Waals surface area contributed by atoms with Gasteiger partial charge in [-0.05, 0) is 95.3 Å². The van der Waals surface area contributed by atoms with Gasteiger partial charge in [-0.3, -0.25) is 0 Å². The van der Waals surface area contributed by atoms with Crippen LogP contribution in [0.1, 0.15) is 0 Å². The van der Waals surface area contributed by atoms with E-state index in [0.29, 0.717) is 18.2 Å². The molecule has 40 heteroatoms. The molecule has 0 aliphatic heterocycles. The molecule has 74 heavy (non-hydrogen) atoms. The molecule has 28 nitrogen and oxygen atoms in total. The second-order valence-electron chi connectivity index (χ2n) is 13.3. The number of phenols is 1. The molecule has 2 heterocycles. The molecule has 0 fully saturated rings. The van der Waals surface area contributed by atoms with Crippen LogP contribution in [0.5, 0.6) is 5.75 Å². The Morgan fingerprint density at radius 2 is 0.932 bits per heavy atom. The first-order chi connectivity index (χ1) is 32.0. The number of anilines is 8. The number of nitrogens with one attached hydrogen (secondary N) is 4. The van der Waals surface area contributed by atoms with Crippen LogP contribution in [0.4, 0.5) is 57.9 Å². The molecule has 0 saturated heterocycles. The summed E-state index contributed by atoms with van der Waals surface area (Å²) in [6.45, 7) is 0. The summed E-state index contributed by atoms with van der Waals surface area (Å²) in [6, 6.07) is 13.4. The van der Waals surface area contributed by atoms with Crippen molar-refractivity contribution in [2.24, 2.45) is 10.2 Å². The molecule has 360 valence electrons. The summed E-state index contributed by atoms with van der Waals surface area (Å²) in [5, 5.41) is 26.4. The van der Waals surface area contributed by atoms with Gasteiger partial charge in [-0.15, -0.1) is 10.2 Å². The van der Waals surface area contributed by atoms with E-state index >= 15 is 0 Å². The van der Waals surface area contributed by atoms with Crippen LogP contribution in [0, 0.1) is 0 Å². The largest absolute Gasteiger partial charge is 1.00 e. The fourth-order valence-corrected chi connectivity index (χ4v) is 9.16. The van der Waals surface area contributed by atoms with Crippen molar-refractivity contribution in [2.75, 3.05) is 21.3 Å². The minimum atomic E-state index is -5.67. The standard InChI is InChI=1S/C34H24Cl2N12O16S5.5Na/c35-29-41-31(37-16-4-3-5-18(12-16)65(50,51)52)45-32(42-29)38-17-8-9-24(68(59,60)61)21(13-17)39-33-43-30(36)44-34(46-33)40-22-14-19(66(53,54)55)10-15-11-25(69(62,63)64)27(28(49)26(15)22)48-47-20-6-1-2-7-23(20)67(56,57)58;;;;;/h1-14,49H,(H,50,51,52)(H,53,54,55)(H,56,57,58)(H,59,60,61)(H,62,63,64)(H2,37,38,41,42,45)(H2,39,40,43,44,46);;;;;/q;5*+1/p-5. The Labute approximate surface area is 539 Å². The van der Waals surface area contributed by atoms with E-state index in [4.69, 9.17) is 23.2 Å². The van der Waals surface area contributed by atoms with E-state index < -0.39 is 137 Å². The molecule has 5 N–H and O–H groups in total. The van der Waals surface area contributed by atoms with E-state index in [9.17, 15) is 70.0 Å². The summed E-state index contributed by atoms with van der Waals surface area (Å²) in [5.41, 5.74) is -3.04. The predicted molar refractivity (Wildman–Crippen MR) is 232 cm³/mol. The van der Waals surface area contributed by atoms with Crippen molar-refractivity contribution in [3.63, 3.8) is 0 Å². The van der Waals surface area contributed by atoms with E-state index in [1.165, 1.54) is 18.2 Å². The number of rotatable bonds is 15. The number of nitrogens with zero attached hydrogens (tertiary/aromatic N) is 8. The van der Waals surface area contributed by atoms with Gasteiger partial charge in [0, 0.05) is 16.8 Å². The summed E-state index contributed by atoms with van der Waals surface area (Å²) >= 11 is 12.2. The van der Waals surface area contributed by atoms with E-state index in [2.05, 4.69) is 61.4 Å². The van der Waals surface area contributed by atoms with E-state index in [-0.39, 0.29) is 171 Å². The Bertz CT molecular complexity index is 3920. The number of hydrogen-bond donors (Lipinski definition) is 5. The first kappa shape index (κ1) is 68.2. The van der Waals surface area contributed by atoms with Gasteiger partial charge < -0.3 is 49.1 Å². The topological polar surface area (TPSA) is 456 Å². The number of azo groups is 1. The van der Waals surface area contributed by atoms with Gasteiger partial charge >= 0.3 is 148 Å². The molecule has 0 amide bonds. The van der Waals surface area contributed by atoms with Crippen LogP contribution in [0.3, 0.4) is 0 Å². The van der Waals surface area contributed by atoms with Crippen LogP contribution in [0.25, 0.3) is 10.8 Å². The molecule has 7 aromatic rings. The molecule has 0 atom stereocenters.